The van der Waals surface area contributed by atoms with E-state index in [-0.39, 0.29) is 5.92 Å². The van der Waals surface area contributed by atoms with Crippen LogP contribution in [0, 0.1) is 5.92 Å². The van der Waals surface area contributed by atoms with Crippen LogP contribution >= 0.6 is 11.3 Å². The Hall–Kier alpha value is -3.27. The summed E-state index contributed by atoms with van der Waals surface area (Å²) in [4.78, 5) is 16.2. The zero-order valence-corrected chi connectivity index (χ0v) is 20.3. The molecule has 2 N–H and O–H groups in total. The third-order valence-corrected chi connectivity index (χ3v) is 7.10. The van der Waals surface area contributed by atoms with Crippen LogP contribution in [0.15, 0.2) is 72.8 Å². The number of carboxylic acids is 1. The summed E-state index contributed by atoms with van der Waals surface area (Å²) < 4.78 is 29.7. The number of hydrogen-bond acceptors (Lipinski definition) is 5. The van der Waals surface area contributed by atoms with E-state index in [2.05, 4.69) is 4.98 Å². The Morgan fingerprint density at radius 2 is 1.65 bits per heavy atom. The Morgan fingerprint density at radius 3 is 2.21 bits per heavy atom. The first-order valence-electron chi connectivity index (χ1n) is 10.6. The van der Waals surface area contributed by atoms with Crippen LogP contribution in [-0.4, -0.2) is 30.9 Å². The quantitative estimate of drug-likeness (QED) is 0.293. The molecule has 176 valence electrons. The number of aliphatic carboxylic acids is 1. The molecule has 4 aromatic rings. The van der Waals surface area contributed by atoms with Gasteiger partial charge in [0.15, 0.2) is 0 Å². The number of nitrogens with zero attached hydrogens (tertiary/aromatic N) is 2. The second-order valence-electron chi connectivity index (χ2n) is 8.02. The van der Waals surface area contributed by atoms with Gasteiger partial charge in [0.2, 0.25) is 0 Å². The van der Waals surface area contributed by atoms with Crippen LogP contribution in [-0.2, 0) is 22.7 Å². The molecule has 4 rings (SSSR count). The summed E-state index contributed by atoms with van der Waals surface area (Å²) >= 11 is -0.861. The van der Waals surface area contributed by atoms with Gasteiger partial charge in [-0.1, -0.05) is 50.2 Å². The van der Waals surface area contributed by atoms with Crippen LogP contribution in [0.25, 0.3) is 21.3 Å². The largest absolute Gasteiger partial charge is 0.486 e. The maximum atomic E-state index is 11.9. The molecule has 0 saturated heterocycles. The number of ether oxygens (including phenoxy) is 1. The van der Waals surface area contributed by atoms with Crippen LogP contribution < -0.4 is 9.04 Å². The topological polar surface area (TPSA) is 100.0 Å². The number of rotatable bonds is 9. The fourth-order valence-corrected chi connectivity index (χ4v) is 5.39. The Morgan fingerprint density at radius 1 is 1.03 bits per heavy atom. The molecule has 0 spiro atoms. The van der Waals surface area contributed by atoms with E-state index in [9.17, 15) is 18.7 Å². The zero-order valence-electron chi connectivity index (χ0n) is 18.6. The standard InChI is InChI=1S/C25H24N2O5S2/c1-16(2)24(25(28)29)27(34(30)31)19-11-7-17(8-12-19)18-9-13-20(14-10-18)32-15-23-26-21-5-3-4-6-22(21)33-23/h3-14,16,24H,15H2,1-2H3,(H,28,29)(H,30,31). The van der Waals surface area contributed by atoms with E-state index in [1.165, 1.54) is 0 Å². The van der Waals surface area contributed by atoms with Gasteiger partial charge in [-0.2, -0.15) is 0 Å². The second-order valence-corrected chi connectivity index (χ2v) is 9.99. The van der Waals surface area contributed by atoms with E-state index >= 15 is 0 Å². The van der Waals surface area contributed by atoms with Crippen molar-refractivity contribution in [3.63, 3.8) is 0 Å². The van der Waals surface area contributed by atoms with Gasteiger partial charge in [-0.05, 0) is 53.4 Å². The summed E-state index contributed by atoms with van der Waals surface area (Å²) in [5.41, 5.74) is 3.16. The van der Waals surface area contributed by atoms with E-state index in [0.29, 0.717) is 12.3 Å². The van der Waals surface area contributed by atoms with Crippen LogP contribution in [0.3, 0.4) is 0 Å². The minimum atomic E-state index is -2.47. The summed E-state index contributed by atoms with van der Waals surface area (Å²) in [6.45, 7) is 3.79. The van der Waals surface area contributed by atoms with Gasteiger partial charge >= 0.3 is 5.97 Å². The summed E-state index contributed by atoms with van der Waals surface area (Å²) in [5.74, 6) is -0.783. The summed E-state index contributed by atoms with van der Waals surface area (Å²) in [6.07, 6.45) is 0. The minimum absolute atomic E-state index is 0.358. The van der Waals surface area contributed by atoms with Gasteiger partial charge in [0.1, 0.15) is 23.4 Å². The highest BCUT2D eigenvalue weighted by atomic mass is 32.2. The molecule has 1 aromatic heterocycles. The Labute approximate surface area is 204 Å². The van der Waals surface area contributed by atoms with E-state index in [0.717, 1.165) is 36.4 Å². The Bertz CT molecular complexity index is 1270. The molecule has 0 bridgehead atoms. The van der Waals surface area contributed by atoms with Crippen molar-refractivity contribution >= 4 is 44.5 Å². The molecule has 9 heteroatoms. The zero-order chi connectivity index (χ0) is 24.2. The predicted molar refractivity (Wildman–Crippen MR) is 135 cm³/mol. The van der Waals surface area contributed by atoms with Crippen molar-refractivity contribution in [3.05, 3.63) is 77.8 Å². The lowest BCUT2D eigenvalue weighted by atomic mass is 10.0. The molecule has 34 heavy (non-hydrogen) atoms. The fraction of sp³-hybridized carbons (Fsp3) is 0.200. The van der Waals surface area contributed by atoms with Gasteiger partial charge in [0.05, 0.1) is 15.9 Å². The van der Waals surface area contributed by atoms with Gasteiger partial charge in [-0.3, -0.25) is 8.86 Å². The number of para-hydroxylation sites is 1. The number of thiazole rings is 1. The number of anilines is 1. The van der Waals surface area contributed by atoms with Crippen molar-refractivity contribution in [2.24, 2.45) is 5.92 Å². The van der Waals surface area contributed by atoms with E-state index in [1.54, 1.807) is 49.4 Å². The van der Waals surface area contributed by atoms with Gasteiger partial charge in [-0.25, -0.2) is 14.0 Å². The molecule has 0 aliphatic rings. The minimum Gasteiger partial charge on any atom is -0.486 e. The highest BCUT2D eigenvalue weighted by molar-refractivity contribution is 7.80. The van der Waals surface area contributed by atoms with Crippen LogP contribution in [0.2, 0.25) is 0 Å². The van der Waals surface area contributed by atoms with Gasteiger partial charge in [-0.15, -0.1) is 11.3 Å². The van der Waals surface area contributed by atoms with Crippen molar-refractivity contribution in [1.29, 1.82) is 0 Å². The molecule has 7 nitrogen and oxygen atoms in total. The first kappa shape index (κ1) is 23.9. The van der Waals surface area contributed by atoms with Crippen molar-refractivity contribution in [2.75, 3.05) is 4.31 Å². The molecule has 2 unspecified atom stereocenters. The molecular formula is C25H24N2O5S2. The number of aromatic nitrogens is 1. The van der Waals surface area contributed by atoms with Crippen LogP contribution in [0.1, 0.15) is 18.9 Å². The lowest BCUT2D eigenvalue weighted by Gasteiger charge is -2.29. The number of benzene rings is 3. The van der Waals surface area contributed by atoms with Crippen LogP contribution in [0.4, 0.5) is 5.69 Å². The van der Waals surface area contributed by atoms with E-state index in [4.69, 9.17) is 4.74 Å². The lowest BCUT2D eigenvalue weighted by molar-refractivity contribution is -0.139. The van der Waals surface area contributed by atoms with Crippen molar-refractivity contribution < 1.29 is 23.4 Å². The summed E-state index contributed by atoms with van der Waals surface area (Å²) in [5, 5.41) is 10.4. The SMILES string of the molecule is CC(C)C(C(=O)O)N(c1ccc(-c2ccc(OCc3nc4ccccc4s3)cc2)cc1)S(=O)O. The molecule has 2 atom stereocenters. The van der Waals surface area contributed by atoms with Crippen molar-refractivity contribution in [1.82, 2.24) is 4.98 Å². The second kappa shape index (κ2) is 10.3. The molecule has 0 radical (unpaired) electrons. The Kier molecular flexibility index (Phi) is 7.26. The average molecular weight is 497 g/mol. The van der Waals surface area contributed by atoms with Crippen molar-refractivity contribution in [3.8, 4) is 16.9 Å². The number of hydrogen-bond donors (Lipinski definition) is 2. The third-order valence-electron chi connectivity index (χ3n) is 5.32. The van der Waals surface area contributed by atoms with E-state index < -0.39 is 23.3 Å². The van der Waals surface area contributed by atoms with Gasteiger partial charge < -0.3 is 9.84 Å². The number of carbonyl (C=O) groups is 1. The molecular weight excluding hydrogens is 472 g/mol. The maximum Gasteiger partial charge on any atom is 0.327 e. The first-order valence-corrected chi connectivity index (χ1v) is 12.5. The number of fused-ring (bicyclic) bond motifs is 1. The number of carboxylic acid groups (broad SMARTS) is 1. The third kappa shape index (κ3) is 5.27. The Balaban J connectivity index is 1.46. The fourth-order valence-electron chi connectivity index (χ4n) is 3.68. The highest BCUT2D eigenvalue weighted by Crippen LogP contribution is 2.29. The maximum absolute atomic E-state index is 11.9. The summed E-state index contributed by atoms with van der Waals surface area (Å²) in [6, 6.07) is 21.4. The smallest absolute Gasteiger partial charge is 0.327 e. The predicted octanol–water partition coefficient (Wildman–Crippen LogP) is 5.59. The molecule has 0 aliphatic heterocycles. The van der Waals surface area contributed by atoms with Gasteiger partial charge in [0.25, 0.3) is 11.3 Å². The van der Waals surface area contributed by atoms with E-state index in [1.807, 2.05) is 48.5 Å². The summed E-state index contributed by atoms with van der Waals surface area (Å²) in [7, 11) is 0. The highest BCUT2D eigenvalue weighted by Gasteiger charge is 2.32. The average Bonchev–Trinajstić information content (AvgIpc) is 3.24. The molecule has 0 aliphatic carbocycles. The van der Waals surface area contributed by atoms with Crippen molar-refractivity contribution in [2.45, 2.75) is 26.5 Å². The molecule has 3 aromatic carbocycles. The molecule has 0 amide bonds. The normalized spacial score (nSPS) is 13.1. The lowest BCUT2D eigenvalue weighted by Crippen LogP contribution is -2.45. The van der Waals surface area contributed by atoms with Gasteiger partial charge in [0, 0.05) is 0 Å². The molecule has 1 heterocycles. The van der Waals surface area contributed by atoms with Crippen LogP contribution in [0.5, 0.6) is 5.75 Å². The molecule has 0 saturated carbocycles. The first-order chi connectivity index (χ1) is 16.3. The molecule has 0 fully saturated rings. The monoisotopic (exact) mass is 496 g/mol.